The van der Waals surface area contributed by atoms with Gasteiger partial charge in [0.1, 0.15) is 0 Å². The predicted octanol–water partition coefficient (Wildman–Crippen LogP) is 2.48. The van der Waals surface area contributed by atoms with Crippen molar-refractivity contribution >= 4 is 0 Å². The molecule has 60 valence electrons. The second kappa shape index (κ2) is 4.35. The van der Waals surface area contributed by atoms with Crippen molar-refractivity contribution in [1.29, 1.82) is 5.26 Å². The van der Waals surface area contributed by atoms with E-state index < -0.39 is 0 Å². The topological polar surface area (TPSA) is 23.8 Å². The van der Waals surface area contributed by atoms with Crippen LogP contribution in [0.2, 0.25) is 0 Å². The third-order valence-corrected chi connectivity index (χ3v) is 1.75. The zero-order valence-electron chi connectivity index (χ0n) is 6.96. The first-order valence-electron chi connectivity index (χ1n) is 3.93. The average molecular weight is 157 g/mol. The Morgan fingerprint density at radius 2 is 2.00 bits per heavy atom. The molecular formula is C11H11N. The molecule has 1 rings (SSSR count). The van der Waals surface area contributed by atoms with E-state index >= 15 is 0 Å². The molecule has 0 N–H and O–H groups in total. The molecule has 0 bridgehead atoms. The number of nitriles is 1. The van der Waals surface area contributed by atoms with Gasteiger partial charge in [-0.15, -0.1) is 6.58 Å². The van der Waals surface area contributed by atoms with Crippen molar-refractivity contribution < 1.29 is 0 Å². The summed E-state index contributed by atoms with van der Waals surface area (Å²) in [6.45, 7) is 3.67. The van der Waals surface area contributed by atoms with Gasteiger partial charge in [-0.25, -0.2) is 0 Å². The van der Waals surface area contributed by atoms with Gasteiger partial charge in [0.05, 0.1) is 12.5 Å². The first kappa shape index (κ1) is 8.55. The van der Waals surface area contributed by atoms with Gasteiger partial charge in [-0.3, -0.25) is 0 Å². The Balaban J connectivity index is 2.93. The lowest BCUT2D eigenvalue weighted by Gasteiger charge is -2.02. The summed E-state index contributed by atoms with van der Waals surface area (Å²) in [5.41, 5.74) is 2.31. The first-order valence-corrected chi connectivity index (χ1v) is 3.93. The Morgan fingerprint density at radius 1 is 1.33 bits per heavy atom. The van der Waals surface area contributed by atoms with E-state index in [-0.39, 0.29) is 0 Å². The minimum absolute atomic E-state index is 0.490. The maximum Gasteiger partial charge on any atom is 0.0669 e. The minimum atomic E-state index is 0.490. The van der Waals surface area contributed by atoms with E-state index in [2.05, 4.69) is 12.6 Å². The summed E-state index contributed by atoms with van der Waals surface area (Å²) in [4.78, 5) is 0. The predicted molar refractivity (Wildman–Crippen MR) is 49.7 cm³/mol. The molecule has 0 aliphatic heterocycles. The lowest BCUT2D eigenvalue weighted by molar-refractivity contribution is 1.15. The Kier molecular flexibility index (Phi) is 3.10. The fourth-order valence-corrected chi connectivity index (χ4v) is 1.17. The highest BCUT2D eigenvalue weighted by Gasteiger charge is 1.97. The summed E-state index contributed by atoms with van der Waals surface area (Å²) in [7, 11) is 0. The number of benzene rings is 1. The van der Waals surface area contributed by atoms with Crippen LogP contribution in [-0.4, -0.2) is 0 Å². The van der Waals surface area contributed by atoms with Crippen LogP contribution in [-0.2, 0) is 12.8 Å². The summed E-state index contributed by atoms with van der Waals surface area (Å²) in [5, 5.41) is 8.54. The summed E-state index contributed by atoms with van der Waals surface area (Å²) < 4.78 is 0. The van der Waals surface area contributed by atoms with Crippen molar-refractivity contribution in [2.45, 2.75) is 12.8 Å². The van der Waals surface area contributed by atoms with Crippen LogP contribution in [0.4, 0.5) is 0 Å². The van der Waals surface area contributed by atoms with Gasteiger partial charge in [0.25, 0.3) is 0 Å². The summed E-state index contributed by atoms with van der Waals surface area (Å²) in [6, 6.07) is 10.1. The van der Waals surface area contributed by atoms with Gasteiger partial charge in [0.15, 0.2) is 0 Å². The van der Waals surface area contributed by atoms with E-state index in [1.165, 1.54) is 5.56 Å². The molecule has 0 aromatic heterocycles. The zero-order chi connectivity index (χ0) is 8.81. The van der Waals surface area contributed by atoms with Gasteiger partial charge in [0.2, 0.25) is 0 Å². The number of rotatable bonds is 3. The normalized spacial score (nSPS) is 8.92. The van der Waals surface area contributed by atoms with E-state index in [0.29, 0.717) is 6.42 Å². The van der Waals surface area contributed by atoms with Gasteiger partial charge in [-0.2, -0.15) is 5.26 Å². The van der Waals surface area contributed by atoms with Crippen LogP contribution in [0.15, 0.2) is 36.9 Å². The van der Waals surface area contributed by atoms with Crippen LogP contribution in [0.25, 0.3) is 0 Å². The highest BCUT2D eigenvalue weighted by atomic mass is 14.2. The molecule has 0 aliphatic rings. The third kappa shape index (κ3) is 1.96. The van der Waals surface area contributed by atoms with Crippen molar-refractivity contribution in [2.75, 3.05) is 0 Å². The van der Waals surface area contributed by atoms with Crippen molar-refractivity contribution in [1.82, 2.24) is 0 Å². The first-order chi connectivity index (χ1) is 5.88. The highest BCUT2D eigenvalue weighted by Crippen LogP contribution is 2.09. The highest BCUT2D eigenvalue weighted by molar-refractivity contribution is 5.30. The molecule has 12 heavy (non-hydrogen) atoms. The van der Waals surface area contributed by atoms with Gasteiger partial charge < -0.3 is 0 Å². The second-order valence-corrected chi connectivity index (χ2v) is 2.60. The molecule has 0 amide bonds. The molecule has 1 aromatic rings. The van der Waals surface area contributed by atoms with E-state index in [0.717, 1.165) is 12.0 Å². The van der Waals surface area contributed by atoms with Crippen LogP contribution in [0.1, 0.15) is 11.1 Å². The van der Waals surface area contributed by atoms with E-state index in [9.17, 15) is 0 Å². The summed E-state index contributed by atoms with van der Waals surface area (Å²) >= 11 is 0. The van der Waals surface area contributed by atoms with Crippen molar-refractivity contribution in [2.24, 2.45) is 0 Å². The van der Waals surface area contributed by atoms with E-state index in [1.54, 1.807) is 0 Å². The lowest BCUT2D eigenvalue weighted by Crippen LogP contribution is -1.90. The molecule has 1 nitrogen and oxygen atoms in total. The number of hydrogen-bond acceptors (Lipinski definition) is 1. The molecule has 0 saturated carbocycles. The van der Waals surface area contributed by atoms with Crippen molar-refractivity contribution in [3.63, 3.8) is 0 Å². The van der Waals surface area contributed by atoms with Crippen LogP contribution in [0, 0.1) is 11.3 Å². The Bertz CT molecular complexity index is 307. The van der Waals surface area contributed by atoms with Crippen LogP contribution in [0.5, 0.6) is 0 Å². The van der Waals surface area contributed by atoms with Crippen LogP contribution in [0.3, 0.4) is 0 Å². The maximum atomic E-state index is 8.54. The fourth-order valence-electron chi connectivity index (χ4n) is 1.17. The molecule has 1 heteroatoms. The molecule has 0 atom stereocenters. The number of hydrogen-bond donors (Lipinski definition) is 0. The quantitative estimate of drug-likeness (QED) is 0.618. The van der Waals surface area contributed by atoms with E-state index in [1.807, 2.05) is 30.3 Å². The SMILES string of the molecule is C=CCc1ccccc1CC#N. The standard InChI is InChI=1S/C11H11N/c1-2-5-10-6-3-4-7-11(10)8-9-12/h2-4,6-7H,1,5,8H2. The van der Waals surface area contributed by atoms with Gasteiger partial charge in [0, 0.05) is 0 Å². The number of allylic oxidation sites excluding steroid dienone is 1. The maximum absolute atomic E-state index is 8.54. The molecule has 1 aromatic carbocycles. The molecule has 0 spiro atoms. The van der Waals surface area contributed by atoms with Crippen LogP contribution >= 0.6 is 0 Å². The average Bonchev–Trinajstić information content (AvgIpc) is 2.09. The minimum Gasteiger partial charge on any atom is -0.198 e. The largest absolute Gasteiger partial charge is 0.198 e. The van der Waals surface area contributed by atoms with Gasteiger partial charge in [-0.05, 0) is 17.5 Å². The molecular weight excluding hydrogens is 146 g/mol. The molecule has 0 saturated heterocycles. The van der Waals surface area contributed by atoms with Gasteiger partial charge in [-0.1, -0.05) is 30.3 Å². The van der Waals surface area contributed by atoms with Gasteiger partial charge >= 0.3 is 0 Å². The second-order valence-electron chi connectivity index (χ2n) is 2.60. The summed E-state index contributed by atoms with van der Waals surface area (Å²) in [6.07, 6.45) is 3.19. The van der Waals surface area contributed by atoms with Crippen LogP contribution < -0.4 is 0 Å². The zero-order valence-corrected chi connectivity index (χ0v) is 6.96. The monoisotopic (exact) mass is 157 g/mol. The Hall–Kier alpha value is -1.55. The fraction of sp³-hybridized carbons (Fsp3) is 0.182. The van der Waals surface area contributed by atoms with Crippen molar-refractivity contribution in [3.05, 3.63) is 48.0 Å². The smallest absolute Gasteiger partial charge is 0.0669 e. The van der Waals surface area contributed by atoms with E-state index in [4.69, 9.17) is 5.26 Å². The lowest BCUT2D eigenvalue weighted by atomic mass is 10.0. The number of nitrogens with zero attached hydrogens (tertiary/aromatic N) is 1. The molecule has 0 aliphatic carbocycles. The third-order valence-electron chi connectivity index (χ3n) is 1.75. The van der Waals surface area contributed by atoms with Crippen molar-refractivity contribution in [3.8, 4) is 6.07 Å². The molecule has 0 heterocycles. The Labute approximate surface area is 73.0 Å². The molecule has 0 radical (unpaired) electrons. The molecule has 0 fully saturated rings. The Morgan fingerprint density at radius 3 is 2.58 bits per heavy atom. The molecule has 0 unspecified atom stereocenters. The summed E-state index contributed by atoms with van der Waals surface area (Å²) in [5.74, 6) is 0.